The van der Waals surface area contributed by atoms with Gasteiger partial charge in [0.05, 0.1) is 12.4 Å². The Morgan fingerprint density at radius 1 is 1.00 bits per heavy atom. The highest BCUT2D eigenvalue weighted by Crippen LogP contribution is 2.36. The molecule has 0 bridgehead atoms. The van der Waals surface area contributed by atoms with Gasteiger partial charge in [0, 0.05) is 18.5 Å². The molecule has 0 saturated carbocycles. The predicted octanol–water partition coefficient (Wildman–Crippen LogP) is 3.15. The van der Waals surface area contributed by atoms with Crippen molar-refractivity contribution in [2.24, 2.45) is 0 Å². The van der Waals surface area contributed by atoms with E-state index in [9.17, 15) is 13.5 Å². The molecular weight excluding hydrogens is 346 g/mol. The van der Waals surface area contributed by atoms with E-state index in [4.69, 9.17) is 0 Å². The fraction of sp³-hybridized carbons (Fsp3) is 0.429. The van der Waals surface area contributed by atoms with Crippen LogP contribution in [0.3, 0.4) is 0 Å². The Labute approximate surface area is 156 Å². The first-order chi connectivity index (χ1) is 12.5. The summed E-state index contributed by atoms with van der Waals surface area (Å²) in [5.41, 5.74) is 1.80. The maximum atomic E-state index is 12.9. The number of benzene rings is 2. The molecule has 4 nitrogen and oxygen atoms in total. The molecule has 0 spiro atoms. The van der Waals surface area contributed by atoms with Crippen molar-refractivity contribution in [2.45, 2.75) is 31.1 Å². The minimum absolute atomic E-state index is 0.0418. The van der Waals surface area contributed by atoms with Crippen LogP contribution in [0.2, 0.25) is 0 Å². The van der Waals surface area contributed by atoms with Crippen LogP contribution in [-0.2, 0) is 15.4 Å². The van der Waals surface area contributed by atoms with Gasteiger partial charge in [0.15, 0.2) is 0 Å². The van der Waals surface area contributed by atoms with Crippen molar-refractivity contribution in [1.82, 2.24) is 4.31 Å². The molecular formula is C21H27NO3S. The third-order valence-electron chi connectivity index (χ3n) is 5.59. The van der Waals surface area contributed by atoms with E-state index in [2.05, 4.69) is 0 Å². The van der Waals surface area contributed by atoms with Crippen LogP contribution in [0.15, 0.2) is 60.7 Å². The first kappa shape index (κ1) is 19.1. The third kappa shape index (κ3) is 4.00. The summed E-state index contributed by atoms with van der Waals surface area (Å²) in [6.07, 6.45) is 1.29. The van der Waals surface area contributed by atoms with Gasteiger partial charge in [-0.1, -0.05) is 67.6 Å². The van der Waals surface area contributed by atoms with E-state index >= 15 is 0 Å². The topological polar surface area (TPSA) is 57.6 Å². The first-order valence-corrected chi connectivity index (χ1v) is 10.8. The first-order valence-electron chi connectivity index (χ1n) is 9.16. The summed E-state index contributed by atoms with van der Waals surface area (Å²) in [5, 5.41) is 10.0. The molecule has 1 fully saturated rings. The van der Waals surface area contributed by atoms with Crippen LogP contribution in [0.4, 0.5) is 0 Å². The SMILES string of the molecule is CC(CS(=O)(=O)N1CCC(CO)(c2ccccc2)CC1)c1ccccc1. The highest BCUT2D eigenvalue weighted by Gasteiger charge is 2.39. The van der Waals surface area contributed by atoms with E-state index in [1.807, 2.05) is 67.6 Å². The summed E-state index contributed by atoms with van der Waals surface area (Å²) in [6.45, 7) is 2.92. The zero-order chi connectivity index (χ0) is 18.6. The van der Waals surface area contributed by atoms with Crippen molar-refractivity contribution < 1.29 is 13.5 Å². The lowest BCUT2D eigenvalue weighted by Crippen LogP contribution is -2.47. The van der Waals surface area contributed by atoms with E-state index < -0.39 is 10.0 Å². The summed E-state index contributed by atoms with van der Waals surface area (Å²) in [5.74, 6) is 0.0777. The van der Waals surface area contributed by atoms with Crippen LogP contribution in [-0.4, -0.2) is 43.3 Å². The van der Waals surface area contributed by atoms with Crippen LogP contribution in [0.1, 0.15) is 36.8 Å². The quantitative estimate of drug-likeness (QED) is 0.846. The Morgan fingerprint density at radius 3 is 2.08 bits per heavy atom. The molecule has 2 aromatic carbocycles. The van der Waals surface area contributed by atoms with Gasteiger partial charge in [0.2, 0.25) is 10.0 Å². The minimum atomic E-state index is -3.32. The van der Waals surface area contributed by atoms with Crippen LogP contribution in [0.25, 0.3) is 0 Å². The lowest BCUT2D eigenvalue weighted by atomic mass is 9.74. The van der Waals surface area contributed by atoms with Gasteiger partial charge >= 0.3 is 0 Å². The molecule has 26 heavy (non-hydrogen) atoms. The van der Waals surface area contributed by atoms with Crippen LogP contribution < -0.4 is 0 Å². The number of aliphatic hydroxyl groups is 1. The smallest absolute Gasteiger partial charge is 0.214 e. The van der Waals surface area contributed by atoms with Gasteiger partial charge in [0.25, 0.3) is 0 Å². The van der Waals surface area contributed by atoms with Gasteiger partial charge in [-0.25, -0.2) is 12.7 Å². The zero-order valence-corrected chi connectivity index (χ0v) is 16.0. The van der Waals surface area contributed by atoms with Gasteiger partial charge in [-0.15, -0.1) is 0 Å². The monoisotopic (exact) mass is 373 g/mol. The number of rotatable bonds is 6. The number of piperidine rings is 1. The largest absolute Gasteiger partial charge is 0.395 e. The molecule has 1 aliphatic heterocycles. The Bertz CT molecular complexity index is 798. The molecule has 0 aliphatic carbocycles. The molecule has 0 radical (unpaired) electrons. The van der Waals surface area contributed by atoms with Crippen molar-refractivity contribution >= 4 is 10.0 Å². The summed E-state index contributed by atoms with van der Waals surface area (Å²) in [4.78, 5) is 0. The van der Waals surface area contributed by atoms with Gasteiger partial charge < -0.3 is 5.11 Å². The van der Waals surface area contributed by atoms with Gasteiger partial charge in [0.1, 0.15) is 0 Å². The third-order valence-corrected chi connectivity index (χ3v) is 7.66. The van der Waals surface area contributed by atoms with Crippen molar-refractivity contribution in [3.63, 3.8) is 0 Å². The summed E-state index contributed by atoms with van der Waals surface area (Å²) < 4.78 is 27.3. The normalized spacial score (nSPS) is 19.2. The molecule has 5 heteroatoms. The molecule has 1 N–H and O–H groups in total. The Kier molecular flexibility index (Phi) is 5.80. The Hall–Kier alpha value is -1.69. The number of hydrogen-bond donors (Lipinski definition) is 1. The molecule has 1 aliphatic rings. The highest BCUT2D eigenvalue weighted by atomic mass is 32.2. The van der Waals surface area contributed by atoms with E-state index in [0.717, 1.165) is 11.1 Å². The van der Waals surface area contributed by atoms with Gasteiger partial charge in [-0.3, -0.25) is 0 Å². The van der Waals surface area contributed by atoms with Crippen molar-refractivity contribution in [3.8, 4) is 0 Å². The Morgan fingerprint density at radius 2 is 1.54 bits per heavy atom. The van der Waals surface area contributed by atoms with Gasteiger partial charge in [-0.05, 0) is 29.9 Å². The molecule has 2 aromatic rings. The van der Waals surface area contributed by atoms with E-state index in [0.29, 0.717) is 25.9 Å². The second kappa shape index (κ2) is 7.91. The lowest BCUT2D eigenvalue weighted by Gasteiger charge is -2.40. The lowest BCUT2D eigenvalue weighted by molar-refractivity contribution is 0.134. The van der Waals surface area contributed by atoms with E-state index in [1.54, 1.807) is 4.31 Å². The zero-order valence-electron chi connectivity index (χ0n) is 15.2. The minimum Gasteiger partial charge on any atom is -0.395 e. The van der Waals surface area contributed by atoms with Crippen molar-refractivity contribution in [1.29, 1.82) is 0 Å². The molecule has 0 aromatic heterocycles. The van der Waals surface area contributed by atoms with Crippen molar-refractivity contribution in [3.05, 3.63) is 71.8 Å². The fourth-order valence-corrected chi connectivity index (χ4v) is 5.60. The number of nitrogens with zero attached hydrogens (tertiary/aromatic N) is 1. The standard InChI is InChI=1S/C21H27NO3S/c1-18(19-8-4-2-5-9-19)16-26(24,25)22-14-12-21(17-23,13-15-22)20-10-6-3-7-11-20/h2-11,18,23H,12-17H2,1H3. The van der Waals surface area contributed by atoms with Crippen molar-refractivity contribution in [2.75, 3.05) is 25.4 Å². The van der Waals surface area contributed by atoms with Crippen LogP contribution in [0, 0.1) is 0 Å². The maximum absolute atomic E-state index is 12.9. The second-order valence-corrected chi connectivity index (χ2v) is 9.31. The van der Waals surface area contributed by atoms with Crippen LogP contribution in [0.5, 0.6) is 0 Å². The Balaban J connectivity index is 1.68. The number of hydrogen-bond acceptors (Lipinski definition) is 3. The van der Waals surface area contributed by atoms with E-state index in [1.165, 1.54) is 0 Å². The molecule has 1 unspecified atom stereocenters. The molecule has 3 rings (SSSR count). The molecule has 140 valence electrons. The average molecular weight is 374 g/mol. The molecule has 1 atom stereocenters. The summed E-state index contributed by atoms with van der Waals surface area (Å²) in [7, 11) is -3.32. The molecule has 0 amide bonds. The molecule has 1 heterocycles. The number of sulfonamides is 1. The van der Waals surface area contributed by atoms with E-state index in [-0.39, 0.29) is 23.7 Å². The number of aliphatic hydroxyl groups excluding tert-OH is 1. The second-order valence-electron chi connectivity index (χ2n) is 7.29. The van der Waals surface area contributed by atoms with Gasteiger partial charge in [-0.2, -0.15) is 0 Å². The summed E-state index contributed by atoms with van der Waals surface area (Å²) >= 11 is 0. The highest BCUT2D eigenvalue weighted by molar-refractivity contribution is 7.89. The summed E-state index contributed by atoms with van der Waals surface area (Å²) in [6, 6.07) is 19.7. The van der Waals surface area contributed by atoms with Crippen LogP contribution >= 0.6 is 0 Å². The average Bonchev–Trinajstić information content (AvgIpc) is 2.69. The fourth-order valence-electron chi connectivity index (χ4n) is 3.82. The molecule has 1 saturated heterocycles. The maximum Gasteiger partial charge on any atom is 0.214 e. The predicted molar refractivity (Wildman–Crippen MR) is 105 cm³/mol.